The minimum atomic E-state index is 0.553. The van der Waals surface area contributed by atoms with Crippen molar-refractivity contribution in [2.24, 2.45) is 15.9 Å². The summed E-state index contributed by atoms with van der Waals surface area (Å²) in [5, 5.41) is 0. The average molecular weight is 279 g/mol. The SMILES string of the molecule is C=N/C(CC(C)C)=N\C(=C/C)N(CCCC)CCCC. The molecule has 0 amide bonds. The van der Waals surface area contributed by atoms with Crippen LogP contribution in [-0.4, -0.2) is 30.5 Å². The molecule has 0 aromatic carbocycles. The molecule has 0 aromatic rings. The Morgan fingerprint density at radius 2 is 1.70 bits per heavy atom. The molecule has 0 aromatic heterocycles. The first kappa shape index (κ1) is 18.9. The van der Waals surface area contributed by atoms with E-state index >= 15 is 0 Å². The normalized spacial score (nSPS) is 12.9. The van der Waals surface area contributed by atoms with Gasteiger partial charge in [0.2, 0.25) is 0 Å². The summed E-state index contributed by atoms with van der Waals surface area (Å²) in [6.07, 6.45) is 7.81. The van der Waals surface area contributed by atoms with E-state index in [4.69, 9.17) is 4.99 Å². The zero-order valence-corrected chi connectivity index (χ0v) is 14.2. The van der Waals surface area contributed by atoms with Gasteiger partial charge in [-0.15, -0.1) is 0 Å². The molecule has 116 valence electrons. The maximum atomic E-state index is 4.73. The summed E-state index contributed by atoms with van der Waals surface area (Å²) >= 11 is 0. The lowest BCUT2D eigenvalue weighted by Crippen LogP contribution is -2.25. The van der Waals surface area contributed by atoms with Gasteiger partial charge in [0.15, 0.2) is 0 Å². The molecule has 0 unspecified atom stereocenters. The first-order chi connectivity index (χ1) is 9.58. The lowest BCUT2D eigenvalue weighted by Gasteiger charge is -2.25. The minimum Gasteiger partial charge on any atom is -0.357 e. The molecule has 0 radical (unpaired) electrons. The van der Waals surface area contributed by atoms with Gasteiger partial charge in [0.05, 0.1) is 0 Å². The van der Waals surface area contributed by atoms with Gasteiger partial charge in [0, 0.05) is 19.5 Å². The van der Waals surface area contributed by atoms with Gasteiger partial charge < -0.3 is 4.90 Å². The number of hydrogen-bond acceptors (Lipinski definition) is 2. The molecule has 0 N–H and O–H groups in total. The van der Waals surface area contributed by atoms with E-state index in [2.05, 4.69) is 57.3 Å². The largest absolute Gasteiger partial charge is 0.357 e. The van der Waals surface area contributed by atoms with E-state index in [0.29, 0.717) is 5.92 Å². The molecule has 3 heteroatoms. The highest BCUT2D eigenvalue weighted by Gasteiger charge is 2.09. The fourth-order valence-corrected chi connectivity index (χ4v) is 2.00. The van der Waals surface area contributed by atoms with E-state index < -0.39 is 0 Å². The predicted octanol–water partition coefficient (Wildman–Crippen LogP) is 4.90. The summed E-state index contributed by atoms with van der Waals surface area (Å²) in [4.78, 5) is 11.2. The van der Waals surface area contributed by atoms with Crippen molar-refractivity contribution >= 4 is 12.6 Å². The van der Waals surface area contributed by atoms with Crippen LogP contribution >= 0.6 is 0 Å². The molecule has 0 aliphatic carbocycles. The van der Waals surface area contributed by atoms with E-state index in [1.165, 1.54) is 25.7 Å². The summed E-state index contributed by atoms with van der Waals surface area (Å²) < 4.78 is 0. The molecule has 0 spiro atoms. The molecule has 0 aliphatic rings. The molecule has 0 atom stereocenters. The zero-order valence-electron chi connectivity index (χ0n) is 14.2. The van der Waals surface area contributed by atoms with Crippen LogP contribution in [0, 0.1) is 5.92 Å². The molecule has 0 saturated heterocycles. The van der Waals surface area contributed by atoms with Crippen LogP contribution in [0.5, 0.6) is 0 Å². The van der Waals surface area contributed by atoms with Gasteiger partial charge in [-0.2, -0.15) is 0 Å². The van der Waals surface area contributed by atoms with Gasteiger partial charge in [0.25, 0.3) is 0 Å². The number of allylic oxidation sites excluding steroid dienone is 1. The first-order valence-corrected chi connectivity index (χ1v) is 8.04. The van der Waals surface area contributed by atoms with E-state index in [0.717, 1.165) is 31.2 Å². The van der Waals surface area contributed by atoms with Gasteiger partial charge in [-0.3, -0.25) is 0 Å². The van der Waals surface area contributed by atoms with Crippen LogP contribution in [0.25, 0.3) is 0 Å². The zero-order chi connectivity index (χ0) is 15.4. The highest BCUT2D eigenvalue weighted by molar-refractivity contribution is 5.87. The topological polar surface area (TPSA) is 28.0 Å². The van der Waals surface area contributed by atoms with Crippen LogP contribution in [0.3, 0.4) is 0 Å². The molecular weight excluding hydrogens is 246 g/mol. The van der Waals surface area contributed by atoms with Crippen molar-refractivity contribution in [3.05, 3.63) is 11.9 Å². The number of amidine groups is 1. The Morgan fingerprint density at radius 1 is 1.15 bits per heavy atom. The van der Waals surface area contributed by atoms with Crippen molar-refractivity contribution in [2.45, 2.75) is 66.7 Å². The summed E-state index contributed by atoms with van der Waals surface area (Å²) in [6.45, 7) is 16.7. The maximum absolute atomic E-state index is 4.73. The van der Waals surface area contributed by atoms with Gasteiger partial charge in [-0.05, 0) is 38.5 Å². The Labute approximate surface area is 125 Å². The van der Waals surface area contributed by atoms with Gasteiger partial charge in [0.1, 0.15) is 11.7 Å². The third-order valence-corrected chi connectivity index (χ3v) is 3.16. The molecule has 0 rings (SSSR count). The van der Waals surface area contributed by atoms with Crippen molar-refractivity contribution < 1.29 is 0 Å². The number of unbranched alkanes of at least 4 members (excludes halogenated alkanes) is 2. The molecule has 3 nitrogen and oxygen atoms in total. The van der Waals surface area contributed by atoms with E-state index in [9.17, 15) is 0 Å². The van der Waals surface area contributed by atoms with Crippen LogP contribution in [0.2, 0.25) is 0 Å². The predicted molar refractivity (Wildman–Crippen MR) is 91.6 cm³/mol. The standard InChI is InChI=1S/C17H33N3/c1-7-10-12-20(13-11-8-2)17(9-3)19-16(18-6)14-15(4)5/h9,15H,6-8,10-14H2,1-5H3/b17-9+,19-16-. The van der Waals surface area contributed by atoms with Gasteiger partial charge in [-0.25, -0.2) is 9.98 Å². The second-order valence-corrected chi connectivity index (χ2v) is 5.63. The highest BCUT2D eigenvalue weighted by Crippen LogP contribution is 2.13. The second kappa shape index (κ2) is 11.7. The highest BCUT2D eigenvalue weighted by atomic mass is 15.2. The Morgan fingerprint density at radius 3 is 2.05 bits per heavy atom. The molecule has 0 saturated carbocycles. The van der Waals surface area contributed by atoms with Crippen molar-refractivity contribution in [3.63, 3.8) is 0 Å². The van der Waals surface area contributed by atoms with E-state index in [-0.39, 0.29) is 0 Å². The summed E-state index contributed by atoms with van der Waals surface area (Å²) in [5.41, 5.74) is 0. The van der Waals surface area contributed by atoms with Crippen LogP contribution in [0.4, 0.5) is 0 Å². The quantitative estimate of drug-likeness (QED) is 0.413. The minimum absolute atomic E-state index is 0.553. The van der Waals surface area contributed by atoms with E-state index in [1.54, 1.807) is 0 Å². The van der Waals surface area contributed by atoms with Crippen molar-refractivity contribution in [1.82, 2.24) is 4.90 Å². The smallest absolute Gasteiger partial charge is 0.130 e. The fraction of sp³-hybridized carbons (Fsp3) is 0.765. The summed E-state index contributed by atoms with van der Waals surface area (Å²) in [5.74, 6) is 2.46. The van der Waals surface area contributed by atoms with Gasteiger partial charge in [-0.1, -0.05) is 40.5 Å². The molecule has 0 aliphatic heterocycles. The Hall–Kier alpha value is -1.12. The third kappa shape index (κ3) is 8.13. The molecule has 0 heterocycles. The number of rotatable bonds is 10. The third-order valence-electron chi connectivity index (χ3n) is 3.16. The molecule has 20 heavy (non-hydrogen) atoms. The lowest BCUT2D eigenvalue weighted by atomic mass is 10.1. The maximum Gasteiger partial charge on any atom is 0.130 e. The van der Waals surface area contributed by atoms with Crippen molar-refractivity contribution in [3.8, 4) is 0 Å². The number of hydrogen-bond donors (Lipinski definition) is 0. The number of aliphatic imine (C=N–C) groups is 2. The number of nitrogens with zero attached hydrogens (tertiary/aromatic N) is 3. The van der Waals surface area contributed by atoms with Crippen LogP contribution in [-0.2, 0) is 0 Å². The van der Waals surface area contributed by atoms with Crippen LogP contribution < -0.4 is 0 Å². The average Bonchev–Trinajstić information content (AvgIpc) is 2.43. The van der Waals surface area contributed by atoms with Crippen molar-refractivity contribution in [2.75, 3.05) is 13.1 Å². The molecule has 0 fully saturated rings. The summed E-state index contributed by atoms with van der Waals surface area (Å²) in [7, 11) is 0. The monoisotopic (exact) mass is 279 g/mol. The fourth-order valence-electron chi connectivity index (χ4n) is 2.00. The van der Waals surface area contributed by atoms with Gasteiger partial charge >= 0.3 is 0 Å². The molecule has 0 bridgehead atoms. The second-order valence-electron chi connectivity index (χ2n) is 5.63. The Bertz CT molecular complexity index is 308. The van der Waals surface area contributed by atoms with Crippen molar-refractivity contribution in [1.29, 1.82) is 0 Å². The molecular formula is C17H33N3. The van der Waals surface area contributed by atoms with Crippen LogP contribution in [0.1, 0.15) is 66.7 Å². The Kier molecular flexibility index (Phi) is 11.0. The lowest BCUT2D eigenvalue weighted by molar-refractivity contribution is 0.327. The van der Waals surface area contributed by atoms with Crippen LogP contribution in [0.15, 0.2) is 21.9 Å². The first-order valence-electron chi connectivity index (χ1n) is 8.04. The summed E-state index contributed by atoms with van der Waals surface area (Å²) in [6, 6.07) is 0. The van der Waals surface area contributed by atoms with E-state index in [1.807, 2.05) is 0 Å². The Balaban J connectivity index is 4.94.